The molecule has 23 heavy (non-hydrogen) atoms. The quantitative estimate of drug-likeness (QED) is 0.850. The molecule has 0 radical (unpaired) electrons. The lowest BCUT2D eigenvalue weighted by Crippen LogP contribution is -2.42. The van der Waals surface area contributed by atoms with Crippen molar-refractivity contribution in [2.24, 2.45) is 0 Å². The lowest BCUT2D eigenvalue weighted by molar-refractivity contribution is 0.128. The van der Waals surface area contributed by atoms with Crippen LogP contribution in [0.1, 0.15) is 25.0 Å². The fourth-order valence-electron chi connectivity index (χ4n) is 2.09. The normalized spacial score (nSPS) is 11.2. The molecule has 0 atom stereocenters. The van der Waals surface area contributed by atoms with Crippen LogP contribution in [0.2, 0.25) is 5.15 Å². The summed E-state index contributed by atoms with van der Waals surface area (Å²) in [4.78, 5) is 15.3. The van der Waals surface area contributed by atoms with Crippen LogP contribution in [-0.2, 0) is 16.9 Å². The second kappa shape index (κ2) is 6.91. The lowest BCUT2D eigenvalue weighted by Gasteiger charge is -2.27. The molecule has 0 fully saturated rings. The third kappa shape index (κ3) is 4.16. The number of benzene rings is 1. The summed E-state index contributed by atoms with van der Waals surface area (Å²) in [5.74, 6) is -1.92. The summed E-state index contributed by atoms with van der Waals surface area (Å²) < 4.78 is 33.0. The highest BCUT2D eigenvalue weighted by Crippen LogP contribution is 2.28. The minimum Gasteiger partial charge on any atom is -0.445 e. The minimum absolute atomic E-state index is 0.0464. The SMILES string of the molecule is CC(C)(NC(=O)OCc1ccccc1)c1c(F)cnc(Cl)c1F. The number of nitrogens with one attached hydrogen (secondary N) is 1. The molecular weight excluding hydrogens is 326 g/mol. The summed E-state index contributed by atoms with van der Waals surface area (Å²) >= 11 is 5.57. The molecule has 0 spiro atoms. The molecule has 4 nitrogen and oxygen atoms in total. The highest BCUT2D eigenvalue weighted by Gasteiger charge is 2.32. The van der Waals surface area contributed by atoms with Gasteiger partial charge in [-0.3, -0.25) is 0 Å². The Morgan fingerprint density at radius 1 is 1.30 bits per heavy atom. The third-order valence-electron chi connectivity index (χ3n) is 3.18. The number of ether oxygens (including phenoxy) is 1. The minimum atomic E-state index is -1.37. The maximum Gasteiger partial charge on any atom is 0.408 e. The molecular formula is C16H15ClF2N2O2. The standard InChI is InChI=1S/C16H15ClF2N2O2/c1-16(2,12-11(18)8-20-14(17)13(12)19)21-15(22)23-9-10-6-4-3-5-7-10/h3-8H,9H2,1-2H3,(H,21,22). The molecule has 7 heteroatoms. The number of halogens is 3. The summed E-state index contributed by atoms with van der Waals surface area (Å²) in [5, 5.41) is 1.96. The van der Waals surface area contributed by atoms with Crippen molar-refractivity contribution < 1.29 is 18.3 Å². The van der Waals surface area contributed by atoms with Crippen LogP contribution in [0.5, 0.6) is 0 Å². The fraction of sp³-hybridized carbons (Fsp3) is 0.250. The number of amides is 1. The van der Waals surface area contributed by atoms with Crippen LogP contribution in [0.25, 0.3) is 0 Å². The monoisotopic (exact) mass is 340 g/mol. The van der Waals surface area contributed by atoms with Gasteiger partial charge in [0.05, 0.1) is 17.3 Å². The predicted octanol–water partition coefficient (Wildman–Crippen LogP) is 4.17. The zero-order valence-corrected chi connectivity index (χ0v) is 13.3. The Labute approximate surface area is 137 Å². The molecule has 0 aliphatic heterocycles. The van der Waals surface area contributed by atoms with E-state index in [0.717, 1.165) is 11.8 Å². The van der Waals surface area contributed by atoms with Gasteiger partial charge in [0, 0.05) is 0 Å². The van der Waals surface area contributed by atoms with E-state index in [1.165, 1.54) is 13.8 Å². The Bertz CT molecular complexity index is 709. The highest BCUT2D eigenvalue weighted by atomic mass is 35.5. The van der Waals surface area contributed by atoms with Crippen molar-refractivity contribution >= 4 is 17.7 Å². The van der Waals surface area contributed by atoms with E-state index in [1.807, 2.05) is 18.2 Å². The van der Waals surface area contributed by atoms with E-state index in [1.54, 1.807) is 12.1 Å². The van der Waals surface area contributed by atoms with E-state index >= 15 is 0 Å². The smallest absolute Gasteiger partial charge is 0.408 e. The maximum absolute atomic E-state index is 14.0. The molecule has 0 aliphatic rings. The number of pyridine rings is 1. The van der Waals surface area contributed by atoms with E-state index in [-0.39, 0.29) is 12.2 Å². The van der Waals surface area contributed by atoms with Crippen LogP contribution in [0, 0.1) is 11.6 Å². The van der Waals surface area contributed by atoms with E-state index in [4.69, 9.17) is 16.3 Å². The summed E-state index contributed by atoms with van der Waals surface area (Å²) in [5.41, 5.74) is -0.951. The summed E-state index contributed by atoms with van der Waals surface area (Å²) in [6.07, 6.45) is 0.00466. The number of alkyl carbamates (subject to hydrolysis) is 1. The first kappa shape index (κ1) is 17.1. The van der Waals surface area contributed by atoms with E-state index in [2.05, 4.69) is 10.3 Å². The Hall–Kier alpha value is -2.21. The van der Waals surface area contributed by atoms with Crippen molar-refractivity contribution in [3.63, 3.8) is 0 Å². The topological polar surface area (TPSA) is 51.2 Å². The second-order valence-corrected chi connectivity index (χ2v) is 5.76. The van der Waals surface area contributed by atoms with Gasteiger partial charge in [0.15, 0.2) is 11.0 Å². The summed E-state index contributed by atoms with van der Waals surface area (Å²) in [6.45, 7) is 2.92. The van der Waals surface area contributed by atoms with Gasteiger partial charge in [-0.25, -0.2) is 18.6 Å². The average molecular weight is 341 g/mol. The number of rotatable bonds is 4. The number of carbonyl (C=O) groups excluding carboxylic acids is 1. The summed E-state index contributed by atoms with van der Waals surface area (Å²) in [6, 6.07) is 9.04. The largest absolute Gasteiger partial charge is 0.445 e. The lowest BCUT2D eigenvalue weighted by atomic mass is 9.94. The molecule has 122 valence electrons. The van der Waals surface area contributed by atoms with Gasteiger partial charge < -0.3 is 10.1 Å². The molecule has 1 aromatic carbocycles. The molecule has 2 rings (SSSR count). The van der Waals surface area contributed by atoms with Crippen LogP contribution < -0.4 is 5.32 Å². The van der Waals surface area contributed by atoms with Crippen molar-refractivity contribution in [1.29, 1.82) is 0 Å². The van der Waals surface area contributed by atoms with Gasteiger partial charge >= 0.3 is 6.09 Å². The van der Waals surface area contributed by atoms with Gasteiger partial charge in [0.2, 0.25) is 0 Å². The average Bonchev–Trinajstić information content (AvgIpc) is 2.50. The van der Waals surface area contributed by atoms with Gasteiger partial charge in [0.1, 0.15) is 12.4 Å². The number of hydrogen-bond acceptors (Lipinski definition) is 3. The van der Waals surface area contributed by atoms with E-state index < -0.39 is 28.4 Å². The van der Waals surface area contributed by atoms with Crippen molar-refractivity contribution in [2.75, 3.05) is 0 Å². The number of hydrogen-bond donors (Lipinski definition) is 1. The molecule has 0 unspecified atom stereocenters. The molecule has 1 heterocycles. The van der Waals surface area contributed by atoms with Crippen molar-refractivity contribution in [3.8, 4) is 0 Å². The van der Waals surface area contributed by atoms with Crippen LogP contribution in [0.3, 0.4) is 0 Å². The van der Waals surface area contributed by atoms with Crippen molar-refractivity contribution in [1.82, 2.24) is 10.3 Å². The van der Waals surface area contributed by atoms with Gasteiger partial charge in [-0.1, -0.05) is 41.9 Å². The third-order valence-corrected chi connectivity index (χ3v) is 3.45. The van der Waals surface area contributed by atoms with E-state index in [9.17, 15) is 13.6 Å². The van der Waals surface area contributed by atoms with Crippen molar-refractivity contribution in [3.05, 3.63) is 64.4 Å². The highest BCUT2D eigenvalue weighted by molar-refractivity contribution is 6.29. The Kier molecular flexibility index (Phi) is 5.15. The Morgan fingerprint density at radius 3 is 2.61 bits per heavy atom. The molecule has 0 saturated carbocycles. The van der Waals surface area contributed by atoms with Crippen molar-refractivity contribution in [2.45, 2.75) is 26.0 Å². The fourth-order valence-corrected chi connectivity index (χ4v) is 2.24. The number of carbonyl (C=O) groups is 1. The molecule has 1 aromatic heterocycles. The molecule has 2 aromatic rings. The maximum atomic E-state index is 14.0. The van der Waals surface area contributed by atoms with Gasteiger partial charge in [-0.2, -0.15) is 0 Å². The van der Waals surface area contributed by atoms with Crippen LogP contribution in [-0.4, -0.2) is 11.1 Å². The molecule has 0 saturated heterocycles. The van der Waals surface area contributed by atoms with E-state index in [0.29, 0.717) is 0 Å². The summed E-state index contributed by atoms with van der Waals surface area (Å²) in [7, 11) is 0. The van der Waals surface area contributed by atoms with Crippen LogP contribution >= 0.6 is 11.6 Å². The predicted molar refractivity (Wildman–Crippen MR) is 82.0 cm³/mol. The Morgan fingerprint density at radius 2 is 1.96 bits per heavy atom. The first-order chi connectivity index (χ1) is 10.8. The van der Waals surface area contributed by atoms with Gasteiger partial charge in [-0.15, -0.1) is 0 Å². The Balaban J connectivity index is 2.09. The molecule has 0 aliphatic carbocycles. The van der Waals surface area contributed by atoms with Gasteiger partial charge in [0.25, 0.3) is 0 Å². The van der Waals surface area contributed by atoms with Crippen LogP contribution in [0.4, 0.5) is 13.6 Å². The first-order valence-electron chi connectivity index (χ1n) is 6.80. The first-order valence-corrected chi connectivity index (χ1v) is 7.18. The number of aromatic nitrogens is 1. The molecule has 1 amide bonds. The molecule has 1 N–H and O–H groups in total. The molecule has 0 bridgehead atoms. The van der Waals surface area contributed by atoms with Gasteiger partial charge in [-0.05, 0) is 19.4 Å². The van der Waals surface area contributed by atoms with Crippen LogP contribution in [0.15, 0.2) is 36.5 Å². The second-order valence-electron chi connectivity index (χ2n) is 5.40. The zero-order chi connectivity index (χ0) is 17.0. The number of nitrogens with zero attached hydrogens (tertiary/aromatic N) is 1. The zero-order valence-electron chi connectivity index (χ0n) is 12.6.